The molecule has 146 valence electrons. The largest absolute Gasteiger partial charge is 0.360 e. The van der Waals surface area contributed by atoms with E-state index in [9.17, 15) is 4.79 Å². The highest BCUT2D eigenvalue weighted by atomic mass is 16.1. The van der Waals surface area contributed by atoms with Gasteiger partial charge in [-0.3, -0.25) is 4.79 Å². The summed E-state index contributed by atoms with van der Waals surface area (Å²) in [5, 5.41) is 2.01. The van der Waals surface area contributed by atoms with Crippen LogP contribution in [0.1, 0.15) is 41.2 Å². The minimum Gasteiger partial charge on any atom is -0.360 e. The van der Waals surface area contributed by atoms with Crippen LogP contribution in [-0.2, 0) is 0 Å². The molecule has 5 heteroatoms. The number of aryl methyl sites for hydroxylation is 2. The molecular formula is C24H24N4O. The third-order valence-corrected chi connectivity index (χ3v) is 5.00. The molecule has 3 heterocycles. The average Bonchev–Trinajstić information content (AvgIpc) is 3.46. The molecule has 29 heavy (non-hydrogen) atoms. The van der Waals surface area contributed by atoms with Gasteiger partial charge in [-0.05, 0) is 37.1 Å². The minimum absolute atomic E-state index is 0.118. The monoisotopic (exact) mass is 384 g/mol. The molecule has 0 atom stereocenters. The number of carbonyl (C=O) groups is 1. The number of imidazole rings is 1. The highest BCUT2D eigenvalue weighted by Crippen LogP contribution is 2.29. The Hall–Kier alpha value is -3.60. The molecule has 2 aromatic carbocycles. The van der Waals surface area contributed by atoms with Gasteiger partial charge in [0, 0.05) is 39.8 Å². The Labute approximate surface area is 169 Å². The summed E-state index contributed by atoms with van der Waals surface area (Å²) in [5.74, 6) is 0.222. The van der Waals surface area contributed by atoms with Gasteiger partial charge in [-0.2, -0.15) is 0 Å². The molecule has 0 unspecified atom stereocenters. The fraction of sp³-hybridized carbons (Fsp3) is 0.167. The van der Waals surface area contributed by atoms with Gasteiger partial charge in [0.2, 0.25) is 5.78 Å². The summed E-state index contributed by atoms with van der Waals surface area (Å²) in [6.07, 6.45) is 5.41. The first-order chi connectivity index (χ1) is 14.1. The highest BCUT2D eigenvalue weighted by molar-refractivity contribution is 6.15. The van der Waals surface area contributed by atoms with Crippen molar-refractivity contribution in [3.8, 4) is 11.3 Å². The van der Waals surface area contributed by atoms with Gasteiger partial charge in [0.1, 0.15) is 0 Å². The standard InChI is InChI=1S/C22H18N4O.C2H6/c1-12-3-5-14-16(9-23-18(14)7-12)20-11-25-22(26-20)21(27)17-10-24-19-8-13(2)4-6-15(17)19;1-2/h3-11,23-24H,1-2H3,(H,25,26);1-2H3. The Morgan fingerprint density at radius 1 is 0.862 bits per heavy atom. The summed E-state index contributed by atoms with van der Waals surface area (Å²) in [6.45, 7) is 8.10. The Morgan fingerprint density at radius 2 is 1.48 bits per heavy atom. The van der Waals surface area contributed by atoms with Crippen molar-refractivity contribution in [2.24, 2.45) is 0 Å². The lowest BCUT2D eigenvalue weighted by Gasteiger charge is -1.98. The van der Waals surface area contributed by atoms with Crippen LogP contribution in [0.15, 0.2) is 55.0 Å². The van der Waals surface area contributed by atoms with Crippen molar-refractivity contribution >= 4 is 27.6 Å². The van der Waals surface area contributed by atoms with Gasteiger partial charge in [0.25, 0.3) is 0 Å². The summed E-state index contributed by atoms with van der Waals surface area (Å²) in [6, 6.07) is 12.3. The van der Waals surface area contributed by atoms with E-state index in [1.165, 1.54) is 5.56 Å². The van der Waals surface area contributed by atoms with Gasteiger partial charge >= 0.3 is 0 Å². The van der Waals surface area contributed by atoms with E-state index in [-0.39, 0.29) is 5.78 Å². The summed E-state index contributed by atoms with van der Waals surface area (Å²) in [4.78, 5) is 27.0. The lowest BCUT2D eigenvalue weighted by molar-refractivity contribution is 0.103. The zero-order valence-electron chi connectivity index (χ0n) is 17.1. The number of aromatic nitrogens is 4. The fourth-order valence-corrected chi connectivity index (χ4v) is 3.59. The van der Waals surface area contributed by atoms with Crippen molar-refractivity contribution in [1.82, 2.24) is 19.9 Å². The van der Waals surface area contributed by atoms with Gasteiger partial charge in [-0.25, -0.2) is 4.98 Å². The number of benzene rings is 2. The first-order valence-electron chi connectivity index (χ1n) is 9.86. The van der Waals surface area contributed by atoms with Crippen molar-refractivity contribution in [2.75, 3.05) is 0 Å². The Bertz CT molecular complexity index is 1320. The van der Waals surface area contributed by atoms with Gasteiger partial charge in [0.15, 0.2) is 5.82 Å². The van der Waals surface area contributed by atoms with Crippen LogP contribution in [0, 0.1) is 13.8 Å². The molecule has 5 nitrogen and oxygen atoms in total. The summed E-state index contributed by atoms with van der Waals surface area (Å²) >= 11 is 0. The number of ketones is 1. The second kappa shape index (κ2) is 7.43. The maximum atomic E-state index is 13.0. The molecule has 0 aliphatic heterocycles. The third-order valence-electron chi connectivity index (χ3n) is 5.00. The molecule has 0 amide bonds. The topological polar surface area (TPSA) is 77.3 Å². The van der Waals surface area contributed by atoms with E-state index in [1.54, 1.807) is 12.4 Å². The highest BCUT2D eigenvalue weighted by Gasteiger charge is 2.18. The van der Waals surface area contributed by atoms with Gasteiger partial charge in [-0.15, -0.1) is 0 Å². The van der Waals surface area contributed by atoms with Crippen molar-refractivity contribution < 1.29 is 4.79 Å². The Kier molecular flexibility index (Phi) is 4.80. The molecule has 0 fully saturated rings. The van der Waals surface area contributed by atoms with Gasteiger partial charge in [0.05, 0.1) is 17.5 Å². The minimum atomic E-state index is -0.118. The smallest absolute Gasteiger partial charge is 0.230 e. The number of hydrogen-bond acceptors (Lipinski definition) is 2. The van der Waals surface area contributed by atoms with E-state index >= 15 is 0 Å². The number of nitrogens with one attached hydrogen (secondary N) is 3. The van der Waals surface area contributed by atoms with E-state index in [2.05, 4.69) is 45.1 Å². The van der Waals surface area contributed by atoms with Crippen LogP contribution in [-0.4, -0.2) is 25.7 Å². The molecule has 0 bridgehead atoms. The predicted octanol–water partition coefficient (Wildman–Crippen LogP) is 5.91. The summed E-state index contributed by atoms with van der Waals surface area (Å²) in [5.41, 5.74) is 6.83. The molecule has 0 aliphatic carbocycles. The molecule has 0 saturated heterocycles. The summed E-state index contributed by atoms with van der Waals surface area (Å²) in [7, 11) is 0. The number of nitrogens with zero attached hydrogens (tertiary/aromatic N) is 1. The normalized spacial score (nSPS) is 10.9. The predicted molar refractivity (Wildman–Crippen MR) is 118 cm³/mol. The summed E-state index contributed by atoms with van der Waals surface area (Å²) < 4.78 is 0. The van der Waals surface area contributed by atoms with E-state index in [4.69, 9.17) is 0 Å². The van der Waals surface area contributed by atoms with Crippen molar-refractivity contribution in [3.63, 3.8) is 0 Å². The number of carbonyl (C=O) groups excluding carboxylic acids is 1. The molecule has 5 aromatic rings. The maximum absolute atomic E-state index is 13.0. The first kappa shape index (κ1) is 18.7. The van der Waals surface area contributed by atoms with Crippen LogP contribution >= 0.6 is 0 Å². The molecule has 0 spiro atoms. The lowest BCUT2D eigenvalue weighted by atomic mass is 10.1. The van der Waals surface area contributed by atoms with Crippen LogP contribution in [0.2, 0.25) is 0 Å². The maximum Gasteiger partial charge on any atom is 0.230 e. The number of rotatable bonds is 3. The van der Waals surface area contributed by atoms with Crippen molar-refractivity contribution in [3.05, 3.63) is 77.5 Å². The number of aromatic amines is 3. The van der Waals surface area contributed by atoms with Crippen LogP contribution in [0.3, 0.4) is 0 Å². The Balaban J connectivity index is 0.000000994. The number of fused-ring (bicyclic) bond motifs is 2. The molecule has 0 radical (unpaired) electrons. The zero-order chi connectivity index (χ0) is 20.5. The van der Waals surface area contributed by atoms with Crippen LogP contribution in [0.5, 0.6) is 0 Å². The van der Waals surface area contributed by atoms with Crippen LogP contribution in [0.25, 0.3) is 33.1 Å². The molecule has 3 N–H and O–H groups in total. The van der Waals surface area contributed by atoms with Crippen molar-refractivity contribution in [1.29, 1.82) is 0 Å². The van der Waals surface area contributed by atoms with Crippen molar-refractivity contribution in [2.45, 2.75) is 27.7 Å². The molecule has 3 aromatic heterocycles. The third kappa shape index (κ3) is 3.25. The lowest BCUT2D eigenvalue weighted by Crippen LogP contribution is -2.02. The van der Waals surface area contributed by atoms with Gasteiger partial charge < -0.3 is 15.0 Å². The number of hydrogen-bond donors (Lipinski definition) is 3. The quantitative estimate of drug-likeness (QED) is 0.338. The average molecular weight is 384 g/mol. The van der Waals surface area contributed by atoms with E-state index in [0.717, 1.165) is 38.6 Å². The second-order valence-electron chi connectivity index (χ2n) is 6.98. The number of H-pyrrole nitrogens is 3. The second-order valence-corrected chi connectivity index (χ2v) is 6.98. The van der Waals surface area contributed by atoms with E-state index in [1.807, 2.05) is 45.2 Å². The zero-order valence-corrected chi connectivity index (χ0v) is 17.1. The van der Waals surface area contributed by atoms with Crippen LogP contribution < -0.4 is 0 Å². The SMILES string of the molecule is CC.Cc1ccc2c(C(=O)c3ncc(-c4c[nH]c5cc(C)ccc45)[nH]3)c[nH]c2c1. The molecule has 0 aliphatic rings. The molecular weight excluding hydrogens is 360 g/mol. The van der Waals surface area contributed by atoms with Gasteiger partial charge in [-0.1, -0.05) is 38.1 Å². The van der Waals surface area contributed by atoms with E-state index in [0.29, 0.717) is 11.4 Å². The Morgan fingerprint density at radius 3 is 2.21 bits per heavy atom. The first-order valence-corrected chi connectivity index (χ1v) is 9.86. The molecule has 5 rings (SSSR count). The fourth-order valence-electron chi connectivity index (χ4n) is 3.59. The van der Waals surface area contributed by atoms with Crippen LogP contribution in [0.4, 0.5) is 0 Å². The van der Waals surface area contributed by atoms with E-state index < -0.39 is 0 Å². The molecule has 0 saturated carbocycles.